The second kappa shape index (κ2) is 24.6. The number of unbranched alkanes of at least 4 members (excludes halogenated alkanes) is 3. The summed E-state index contributed by atoms with van der Waals surface area (Å²) in [5.74, 6) is 0. The monoisotopic (exact) mass is 868 g/mol. The van der Waals surface area contributed by atoms with Crippen LogP contribution >= 0.6 is 23.6 Å². The van der Waals surface area contributed by atoms with Crippen molar-refractivity contribution in [2.75, 3.05) is 0 Å². The van der Waals surface area contributed by atoms with Crippen molar-refractivity contribution in [3.8, 4) is 50.7 Å². The van der Waals surface area contributed by atoms with Crippen LogP contribution in [-0.2, 0) is 41.7 Å². The molecule has 0 saturated heterocycles. The number of alkyl halides is 3. The summed E-state index contributed by atoms with van der Waals surface area (Å²) in [6.45, 7) is 2.19. The number of aryl methyl sites for hydroxylation is 1. The van der Waals surface area contributed by atoms with E-state index in [-0.39, 0.29) is 32.8 Å². The van der Waals surface area contributed by atoms with Gasteiger partial charge in [0.1, 0.15) is 5.69 Å². The zero-order chi connectivity index (χ0) is 39.2. The average Bonchev–Trinajstić information content (AvgIpc) is 3.89. The second-order valence-electron chi connectivity index (χ2n) is 10.9. The Labute approximate surface area is 339 Å². The molecule has 0 amide bonds. The van der Waals surface area contributed by atoms with Crippen molar-refractivity contribution in [2.45, 2.75) is 45.2 Å². The number of aromatic nitrogens is 6. The van der Waals surface area contributed by atoms with Crippen LogP contribution in [0.25, 0.3) is 56.1 Å². The summed E-state index contributed by atoms with van der Waals surface area (Å²) in [5.41, 5.74) is 5.72. The van der Waals surface area contributed by atoms with Crippen LogP contribution in [-0.4, -0.2) is 36.3 Å². The predicted molar refractivity (Wildman–Crippen MR) is 204 cm³/mol. The van der Waals surface area contributed by atoms with Gasteiger partial charge >= 0.3 is 31.8 Å². The van der Waals surface area contributed by atoms with Gasteiger partial charge in [-0.3, -0.25) is 15.0 Å². The SMILES string of the molecule is CCCCCCc1ccsc1-c1ccnc(-c2cc(C(F)(F)F)n[n-]2)c1.N#C/C=C\c1cc(-c2ccccn2)nc(-c2ccccn2)c1.O=C=O.[2H-].[N-]=C=S.[Ru+2]. The van der Waals surface area contributed by atoms with E-state index in [4.69, 9.17) is 20.3 Å². The Morgan fingerprint density at radius 2 is 1.51 bits per heavy atom. The number of pyridine rings is 4. The van der Waals surface area contributed by atoms with Crippen LogP contribution in [0.2, 0.25) is 0 Å². The van der Waals surface area contributed by atoms with Crippen LogP contribution in [0.15, 0.2) is 103 Å². The van der Waals surface area contributed by atoms with Crippen molar-refractivity contribution < 1.29 is 43.7 Å². The van der Waals surface area contributed by atoms with Crippen LogP contribution in [0.1, 0.15) is 50.9 Å². The first-order valence-electron chi connectivity index (χ1n) is 16.2. The summed E-state index contributed by atoms with van der Waals surface area (Å²) in [6.07, 6.45) is 9.79. The van der Waals surface area contributed by atoms with Gasteiger partial charge in [-0.2, -0.15) is 33.2 Å². The maximum absolute atomic E-state index is 12.7. The van der Waals surface area contributed by atoms with Crippen molar-refractivity contribution in [2.24, 2.45) is 0 Å². The Morgan fingerprint density at radius 1 is 0.891 bits per heavy atom. The molecule has 0 saturated carbocycles. The largest absolute Gasteiger partial charge is 2.00 e. The van der Waals surface area contributed by atoms with Crippen molar-refractivity contribution in [3.63, 3.8) is 0 Å². The smallest absolute Gasteiger partial charge is 1.00 e. The summed E-state index contributed by atoms with van der Waals surface area (Å²) < 4.78 is 38.2. The molecule has 55 heavy (non-hydrogen) atoms. The zero-order valence-electron chi connectivity index (χ0n) is 30.1. The number of allylic oxidation sites excluding steroid dienone is 1. The molecule has 10 nitrogen and oxygen atoms in total. The van der Waals surface area contributed by atoms with E-state index in [1.54, 1.807) is 42.1 Å². The Balaban J connectivity index is 0.000000480. The van der Waals surface area contributed by atoms with Crippen molar-refractivity contribution >= 4 is 40.9 Å². The number of isothiocyanates is 1. The van der Waals surface area contributed by atoms with Crippen molar-refractivity contribution in [1.29, 1.82) is 5.26 Å². The first kappa shape index (κ1) is 45.5. The van der Waals surface area contributed by atoms with Crippen LogP contribution in [0.4, 0.5) is 13.2 Å². The number of carbonyl (C=O) groups excluding carboxylic acids is 2. The molecule has 6 aromatic rings. The summed E-state index contributed by atoms with van der Waals surface area (Å²) in [5, 5.41) is 26.1. The van der Waals surface area contributed by atoms with Crippen LogP contribution in [0.5, 0.6) is 0 Å². The number of hydrogen-bond acceptors (Lipinski definition) is 10. The number of rotatable bonds is 10. The van der Waals surface area contributed by atoms with E-state index in [1.807, 2.05) is 60.7 Å². The molecule has 0 aromatic carbocycles. The molecule has 16 heteroatoms. The molecule has 0 N–H and O–H groups in total. The van der Waals surface area contributed by atoms with Gasteiger partial charge in [0.25, 0.3) is 0 Å². The van der Waals surface area contributed by atoms with Crippen molar-refractivity contribution in [3.05, 3.63) is 125 Å². The van der Waals surface area contributed by atoms with Gasteiger partial charge in [0.15, 0.2) is 0 Å². The van der Waals surface area contributed by atoms with Gasteiger partial charge in [-0.15, -0.1) is 11.3 Å². The summed E-state index contributed by atoms with van der Waals surface area (Å²) in [7, 11) is 0. The molecule has 6 aromatic heterocycles. The third kappa shape index (κ3) is 14.9. The number of nitrogens with zero attached hydrogens (tertiary/aromatic N) is 8. The number of halogens is 3. The maximum atomic E-state index is 12.7. The second-order valence-corrected chi connectivity index (χ2v) is 12.0. The fraction of sp³-hybridized carbons (Fsp3) is 0.179. The third-order valence-electron chi connectivity index (χ3n) is 7.21. The molecule has 0 spiro atoms. The van der Waals surface area contributed by atoms with E-state index in [9.17, 15) is 13.2 Å². The zero-order valence-corrected chi connectivity index (χ0v) is 32.5. The number of thiophene rings is 1. The van der Waals surface area contributed by atoms with Crippen LogP contribution < -0.4 is 5.10 Å². The Hall–Kier alpha value is -5.67. The number of hydrogen-bond donors (Lipinski definition) is 0. The Bertz CT molecular complexity index is 2130. The summed E-state index contributed by atoms with van der Waals surface area (Å²) in [6, 6.07) is 23.9. The fourth-order valence-corrected chi connectivity index (χ4v) is 5.82. The molecule has 6 heterocycles. The standard InChI is InChI=1S/C19H19F3N3S.C18H12N4.CNS.CO2.Ru.H/c1-2-3-4-5-6-13-8-10-26-18(13)14-7-9-23-15(11-14)16-12-17(25-24-16)19(20,21)22;19-9-5-6-14-12-17(15-7-1-3-10-20-15)22-18(13-14)16-8-2-4-11-21-16;2*2-1-3;;/h7-12H,2-6H2,1H3;1-8,10-13H;;;;/q-1;;-1;;+2;-1/b;6-5-;;;;/i;;;;;1+1. The van der Waals surface area contributed by atoms with Gasteiger partial charge in [-0.05, 0) is 102 Å². The van der Waals surface area contributed by atoms with Gasteiger partial charge in [-0.25, -0.2) is 4.98 Å². The van der Waals surface area contributed by atoms with Crippen LogP contribution in [0, 0.1) is 11.3 Å². The minimum atomic E-state index is -4.50. The average molecular weight is 868 g/mol. The van der Waals surface area contributed by atoms with E-state index in [0.29, 0.717) is 5.69 Å². The number of nitriles is 1. The molecule has 6 rings (SSSR count). The molecule has 0 aliphatic carbocycles. The quantitative estimate of drug-likeness (QED) is 0.0427. The molecule has 0 fully saturated rings. The van der Waals surface area contributed by atoms with Gasteiger partial charge < -0.3 is 17.0 Å². The molecule has 0 atom stereocenters. The van der Waals surface area contributed by atoms with Gasteiger partial charge in [0.2, 0.25) is 0 Å². The van der Waals surface area contributed by atoms with E-state index in [2.05, 4.69) is 60.7 Å². The summed E-state index contributed by atoms with van der Waals surface area (Å²) in [4.78, 5) is 34.9. The van der Waals surface area contributed by atoms with Gasteiger partial charge in [-0.1, -0.05) is 56.2 Å². The molecule has 282 valence electrons. The first-order chi connectivity index (χ1) is 26.2. The molecule has 0 aliphatic heterocycles. The van der Waals surface area contributed by atoms with Gasteiger partial charge in [0, 0.05) is 29.5 Å². The van der Waals surface area contributed by atoms with Gasteiger partial charge in [0.05, 0.1) is 34.5 Å². The molecular formula is C39H32F3N8O2RuS2-. The third-order valence-corrected chi connectivity index (χ3v) is 8.22. The molecule has 0 unspecified atom stereocenters. The summed E-state index contributed by atoms with van der Waals surface area (Å²) >= 11 is 5.34. The Kier molecular flexibility index (Phi) is 20.4. The fourth-order valence-electron chi connectivity index (χ4n) is 4.87. The molecule has 0 bridgehead atoms. The van der Waals surface area contributed by atoms with Crippen LogP contribution in [0.3, 0.4) is 0 Å². The van der Waals surface area contributed by atoms with Crippen molar-refractivity contribution in [1.82, 2.24) is 30.1 Å². The number of thiocarbonyl (C=S) groups is 1. The van der Waals surface area contributed by atoms with E-state index >= 15 is 0 Å². The molecule has 0 radical (unpaired) electrons. The maximum Gasteiger partial charge on any atom is 2.00 e. The molecular weight excluding hydrogens is 835 g/mol. The predicted octanol–water partition coefficient (Wildman–Crippen LogP) is 9.90. The Morgan fingerprint density at radius 3 is 2.04 bits per heavy atom. The molecule has 0 aliphatic rings. The van der Waals surface area contributed by atoms with E-state index in [1.165, 1.54) is 36.1 Å². The first-order valence-corrected chi connectivity index (χ1v) is 17.5. The van der Waals surface area contributed by atoms with E-state index in [0.717, 1.165) is 57.7 Å². The topological polar surface area (TPSA) is 159 Å². The van der Waals surface area contributed by atoms with E-state index < -0.39 is 11.9 Å². The normalized spacial score (nSPS) is 10.1. The minimum absolute atomic E-state index is 0. The minimum Gasteiger partial charge on any atom is -1.00 e.